The van der Waals surface area contributed by atoms with E-state index in [0.717, 1.165) is 11.1 Å². The Morgan fingerprint density at radius 1 is 1.19 bits per heavy atom. The fourth-order valence-electron chi connectivity index (χ4n) is 2.16. The van der Waals surface area contributed by atoms with Gasteiger partial charge in [0, 0.05) is 20.2 Å². The van der Waals surface area contributed by atoms with Gasteiger partial charge in [0.1, 0.15) is 6.10 Å². The number of guanidine groups is 1. The average molecular weight is 376 g/mol. The van der Waals surface area contributed by atoms with Crippen molar-refractivity contribution in [1.29, 1.82) is 10.8 Å². The third-order valence-corrected chi connectivity index (χ3v) is 3.62. The molecule has 9 nitrogen and oxygen atoms in total. The Balaban J connectivity index is 0.000000271. The first-order chi connectivity index (χ1) is 13.0. The molecule has 1 aliphatic carbocycles. The molecule has 0 radical (unpaired) electrons. The van der Waals surface area contributed by atoms with Crippen molar-refractivity contribution in [2.45, 2.75) is 19.6 Å². The van der Waals surface area contributed by atoms with E-state index < -0.39 is 0 Å². The standard InChI is InChI=1S/C9H15N3O2.C9H13N3O/c1-14-9-3-2-7(4-8(9)10)5-11-6-12-13;1-7-2-4-8(5-3-7)6-11-9(10)12-13/h2-4,9-13H,5-6H2,1H3;2-5,13H,6H2,1H3,(H3,10,11,12). The third kappa shape index (κ3) is 9.08. The van der Waals surface area contributed by atoms with Crippen LogP contribution >= 0.6 is 0 Å². The van der Waals surface area contributed by atoms with Crippen molar-refractivity contribution in [3.63, 3.8) is 0 Å². The van der Waals surface area contributed by atoms with Crippen LogP contribution in [0.15, 0.2) is 48.1 Å². The smallest absolute Gasteiger partial charge is 0.212 e. The average Bonchev–Trinajstić information content (AvgIpc) is 2.68. The van der Waals surface area contributed by atoms with Crippen LogP contribution in [0.3, 0.4) is 0 Å². The van der Waals surface area contributed by atoms with Crippen LogP contribution in [0.1, 0.15) is 11.1 Å². The first-order valence-electron chi connectivity index (χ1n) is 8.36. The molecular formula is C18H28N6O3. The van der Waals surface area contributed by atoms with Gasteiger partial charge in [-0.25, -0.2) is 5.48 Å². The first-order valence-corrected chi connectivity index (χ1v) is 8.36. The number of nitrogens with one attached hydrogen (secondary N) is 6. The van der Waals surface area contributed by atoms with E-state index in [9.17, 15) is 0 Å². The van der Waals surface area contributed by atoms with Crippen LogP contribution < -0.4 is 21.6 Å². The molecular weight excluding hydrogens is 348 g/mol. The van der Waals surface area contributed by atoms with Crippen molar-refractivity contribution >= 4 is 11.7 Å². The molecule has 0 amide bonds. The molecule has 0 bridgehead atoms. The third-order valence-electron chi connectivity index (χ3n) is 3.62. The van der Waals surface area contributed by atoms with Gasteiger partial charge in [-0.3, -0.25) is 15.9 Å². The van der Waals surface area contributed by atoms with Crippen LogP contribution in [0.4, 0.5) is 0 Å². The Labute approximate surface area is 159 Å². The van der Waals surface area contributed by atoms with Gasteiger partial charge in [-0.15, -0.1) is 0 Å². The van der Waals surface area contributed by atoms with Crippen molar-refractivity contribution < 1.29 is 15.2 Å². The summed E-state index contributed by atoms with van der Waals surface area (Å²) in [5, 5.41) is 36.9. The summed E-state index contributed by atoms with van der Waals surface area (Å²) in [6.45, 7) is 3.50. The Morgan fingerprint density at radius 3 is 2.44 bits per heavy atom. The van der Waals surface area contributed by atoms with E-state index >= 15 is 0 Å². The number of hydrogen-bond donors (Lipinski definition) is 8. The highest BCUT2D eigenvalue weighted by molar-refractivity contribution is 5.99. The minimum atomic E-state index is -0.227. The van der Waals surface area contributed by atoms with Crippen molar-refractivity contribution in [2.24, 2.45) is 0 Å². The molecule has 27 heavy (non-hydrogen) atoms. The van der Waals surface area contributed by atoms with Crippen molar-refractivity contribution in [3.05, 3.63) is 59.2 Å². The molecule has 0 fully saturated rings. The van der Waals surface area contributed by atoms with Crippen LogP contribution in [0, 0.1) is 17.7 Å². The van der Waals surface area contributed by atoms with Gasteiger partial charge in [0.25, 0.3) is 0 Å². The Kier molecular flexibility index (Phi) is 10.6. The summed E-state index contributed by atoms with van der Waals surface area (Å²) in [6, 6.07) is 7.97. The fraction of sp³-hybridized carbons (Fsp3) is 0.333. The fourth-order valence-corrected chi connectivity index (χ4v) is 2.16. The molecule has 9 heteroatoms. The lowest BCUT2D eigenvalue weighted by Crippen LogP contribution is -2.33. The molecule has 1 unspecified atom stereocenters. The lowest BCUT2D eigenvalue weighted by molar-refractivity contribution is 0.159. The lowest BCUT2D eigenvalue weighted by atomic mass is 10.0. The number of benzene rings is 1. The van der Waals surface area contributed by atoms with Crippen molar-refractivity contribution in [1.82, 2.24) is 21.6 Å². The molecule has 1 aromatic carbocycles. The normalized spacial score (nSPS) is 15.5. The van der Waals surface area contributed by atoms with E-state index in [0.29, 0.717) is 25.5 Å². The molecule has 2 rings (SSSR count). The number of hydroxylamine groups is 2. The molecule has 8 N–H and O–H groups in total. The zero-order valence-corrected chi connectivity index (χ0v) is 15.5. The lowest BCUT2D eigenvalue weighted by Gasteiger charge is -2.15. The maximum absolute atomic E-state index is 8.32. The Morgan fingerprint density at radius 2 is 1.89 bits per heavy atom. The van der Waals surface area contributed by atoms with Crippen LogP contribution in [0.25, 0.3) is 0 Å². The van der Waals surface area contributed by atoms with E-state index in [1.54, 1.807) is 18.7 Å². The zero-order chi connectivity index (χ0) is 20.1. The molecule has 0 aliphatic heterocycles. The highest BCUT2D eigenvalue weighted by Gasteiger charge is 2.12. The second kappa shape index (κ2) is 12.7. The van der Waals surface area contributed by atoms with Gasteiger partial charge in [0.2, 0.25) is 5.96 Å². The molecule has 0 spiro atoms. The topological polar surface area (TPSA) is 146 Å². The predicted octanol–water partition coefficient (Wildman–Crippen LogP) is 1.04. The van der Waals surface area contributed by atoms with Crippen LogP contribution in [-0.4, -0.2) is 48.5 Å². The monoisotopic (exact) mass is 376 g/mol. The molecule has 1 aliphatic rings. The maximum atomic E-state index is 8.32. The number of rotatable bonds is 7. The SMILES string of the molecule is COC1C=CC(CNCNO)=CC1=N.Cc1ccc(CNC(=N)NO)cc1. The summed E-state index contributed by atoms with van der Waals surface area (Å²) in [7, 11) is 1.58. The second-order valence-electron chi connectivity index (χ2n) is 5.78. The molecule has 1 atom stereocenters. The van der Waals surface area contributed by atoms with Gasteiger partial charge < -0.3 is 20.7 Å². The van der Waals surface area contributed by atoms with Gasteiger partial charge >= 0.3 is 0 Å². The maximum Gasteiger partial charge on any atom is 0.212 e. The van der Waals surface area contributed by atoms with Gasteiger partial charge in [0.15, 0.2) is 0 Å². The molecule has 1 aromatic rings. The van der Waals surface area contributed by atoms with Crippen LogP contribution in [0.2, 0.25) is 0 Å². The molecule has 0 heterocycles. The zero-order valence-electron chi connectivity index (χ0n) is 15.5. The molecule has 148 valence electrons. The highest BCUT2D eigenvalue weighted by atomic mass is 16.5. The summed E-state index contributed by atoms with van der Waals surface area (Å²) in [6.07, 6.45) is 5.29. The second-order valence-corrected chi connectivity index (χ2v) is 5.78. The Hall–Kier alpha value is -2.56. The van der Waals surface area contributed by atoms with E-state index in [4.69, 9.17) is 26.0 Å². The van der Waals surface area contributed by atoms with Crippen LogP contribution in [0.5, 0.6) is 0 Å². The van der Waals surface area contributed by atoms with Gasteiger partial charge in [-0.2, -0.15) is 5.48 Å². The summed E-state index contributed by atoms with van der Waals surface area (Å²) >= 11 is 0. The van der Waals surface area contributed by atoms with Gasteiger partial charge in [-0.1, -0.05) is 35.9 Å². The van der Waals surface area contributed by atoms with Gasteiger partial charge in [0.05, 0.1) is 12.4 Å². The molecule has 0 saturated carbocycles. The van der Waals surface area contributed by atoms with E-state index in [-0.39, 0.29) is 12.1 Å². The number of hydrogen-bond acceptors (Lipinski definition) is 7. The first kappa shape index (κ1) is 22.5. The summed E-state index contributed by atoms with van der Waals surface area (Å²) in [5.41, 5.74) is 7.45. The number of ether oxygens (including phenoxy) is 1. The Bertz CT molecular complexity index is 658. The number of aryl methyl sites for hydroxylation is 1. The summed E-state index contributed by atoms with van der Waals surface area (Å²) in [4.78, 5) is 0. The van der Waals surface area contributed by atoms with E-state index in [1.165, 1.54) is 5.56 Å². The minimum Gasteiger partial charge on any atom is -0.371 e. The minimum absolute atomic E-state index is 0.0967. The van der Waals surface area contributed by atoms with Gasteiger partial charge in [-0.05, 0) is 30.2 Å². The summed E-state index contributed by atoms with van der Waals surface area (Å²) in [5.74, 6) is -0.0967. The number of methoxy groups -OCH3 is 1. The molecule has 0 saturated heterocycles. The van der Waals surface area contributed by atoms with Crippen molar-refractivity contribution in [2.75, 3.05) is 20.3 Å². The summed E-state index contributed by atoms with van der Waals surface area (Å²) < 4.78 is 5.05. The molecule has 0 aromatic heterocycles. The van der Waals surface area contributed by atoms with Crippen molar-refractivity contribution in [3.8, 4) is 0 Å². The predicted molar refractivity (Wildman–Crippen MR) is 104 cm³/mol. The van der Waals surface area contributed by atoms with E-state index in [2.05, 4.69) is 10.6 Å². The largest absolute Gasteiger partial charge is 0.371 e. The highest BCUT2D eigenvalue weighted by Crippen LogP contribution is 2.09. The van der Waals surface area contributed by atoms with Crippen LogP contribution in [-0.2, 0) is 11.3 Å². The quantitative estimate of drug-likeness (QED) is 0.117. The van der Waals surface area contributed by atoms with E-state index in [1.807, 2.05) is 48.8 Å².